The number of carbonyl (C=O) groups is 1. The van der Waals surface area contributed by atoms with E-state index in [0.29, 0.717) is 27.7 Å². The molecule has 0 amide bonds. The molecule has 5 heteroatoms. The van der Waals surface area contributed by atoms with Gasteiger partial charge in [0.1, 0.15) is 12.4 Å². The lowest BCUT2D eigenvalue weighted by Crippen LogP contribution is -2.10. The third-order valence-corrected chi connectivity index (χ3v) is 3.40. The highest BCUT2D eigenvalue weighted by molar-refractivity contribution is 6.04. The zero-order valence-electron chi connectivity index (χ0n) is 12.2. The van der Waals surface area contributed by atoms with Gasteiger partial charge in [0.25, 0.3) is 0 Å². The van der Waals surface area contributed by atoms with Gasteiger partial charge in [-0.05, 0) is 36.4 Å². The predicted molar refractivity (Wildman–Crippen MR) is 84.5 cm³/mol. The number of esters is 1. The molecule has 0 bridgehead atoms. The molecule has 1 aromatic heterocycles. The Balaban J connectivity index is 2.13. The van der Waals surface area contributed by atoms with E-state index in [1.54, 1.807) is 30.3 Å². The van der Waals surface area contributed by atoms with E-state index in [1.807, 2.05) is 12.1 Å². The van der Waals surface area contributed by atoms with E-state index in [1.165, 1.54) is 12.1 Å². The quantitative estimate of drug-likeness (QED) is 0.752. The van der Waals surface area contributed by atoms with Crippen molar-refractivity contribution in [1.29, 1.82) is 0 Å². The molecule has 0 aliphatic carbocycles. The summed E-state index contributed by atoms with van der Waals surface area (Å²) in [6, 6.07) is 14.7. The highest BCUT2D eigenvalue weighted by Gasteiger charge is 2.15. The van der Waals surface area contributed by atoms with E-state index in [0.717, 1.165) is 0 Å². The van der Waals surface area contributed by atoms with E-state index in [-0.39, 0.29) is 19.0 Å². The highest BCUT2D eigenvalue weighted by Crippen LogP contribution is 2.25. The standard InChI is InChI=1S/C18H14FNO3/c19-13-7-5-12(6-8-13)17-11-15(18(22)23-10-9-21)14-3-1-2-4-16(14)20-17/h1-8,11,21H,9-10H2. The van der Waals surface area contributed by atoms with Gasteiger partial charge in [-0.15, -0.1) is 0 Å². The van der Waals surface area contributed by atoms with Crippen molar-refractivity contribution >= 4 is 16.9 Å². The number of benzene rings is 2. The van der Waals surface area contributed by atoms with Gasteiger partial charge in [-0.3, -0.25) is 0 Å². The number of nitrogens with zero attached hydrogens (tertiary/aromatic N) is 1. The number of ether oxygens (including phenoxy) is 1. The van der Waals surface area contributed by atoms with Gasteiger partial charge >= 0.3 is 5.97 Å². The fourth-order valence-electron chi connectivity index (χ4n) is 2.33. The third kappa shape index (κ3) is 3.19. The van der Waals surface area contributed by atoms with Crippen molar-refractivity contribution < 1.29 is 19.0 Å². The zero-order valence-corrected chi connectivity index (χ0v) is 12.2. The summed E-state index contributed by atoms with van der Waals surface area (Å²) in [6.45, 7) is -0.305. The van der Waals surface area contributed by atoms with Crippen LogP contribution in [0.5, 0.6) is 0 Å². The molecule has 116 valence electrons. The number of hydrogen-bond donors (Lipinski definition) is 1. The molecule has 0 aliphatic heterocycles. The van der Waals surface area contributed by atoms with Crippen molar-refractivity contribution in [1.82, 2.24) is 4.98 Å². The van der Waals surface area contributed by atoms with Crippen LogP contribution in [0.3, 0.4) is 0 Å². The third-order valence-electron chi connectivity index (χ3n) is 3.40. The summed E-state index contributed by atoms with van der Waals surface area (Å²) in [6.07, 6.45) is 0. The van der Waals surface area contributed by atoms with Crippen LogP contribution in [0.15, 0.2) is 54.6 Å². The first kappa shape index (κ1) is 15.1. The summed E-state index contributed by atoms with van der Waals surface area (Å²) in [5.74, 6) is -0.863. The molecule has 23 heavy (non-hydrogen) atoms. The number of halogens is 1. The largest absolute Gasteiger partial charge is 0.460 e. The predicted octanol–water partition coefficient (Wildman–Crippen LogP) is 3.19. The Morgan fingerprint density at radius 3 is 2.61 bits per heavy atom. The maximum atomic E-state index is 13.1. The SMILES string of the molecule is O=C(OCCO)c1cc(-c2ccc(F)cc2)nc2ccccc12. The Kier molecular flexibility index (Phi) is 4.30. The lowest BCUT2D eigenvalue weighted by molar-refractivity contribution is 0.0436. The van der Waals surface area contributed by atoms with Crippen molar-refractivity contribution in [3.8, 4) is 11.3 Å². The molecule has 0 radical (unpaired) electrons. The van der Waals surface area contributed by atoms with Crippen LogP contribution in [0.1, 0.15) is 10.4 Å². The molecule has 0 atom stereocenters. The van der Waals surface area contributed by atoms with Gasteiger partial charge < -0.3 is 9.84 Å². The van der Waals surface area contributed by atoms with Gasteiger partial charge in [-0.25, -0.2) is 14.2 Å². The monoisotopic (exact) mass is 311 g/mol. The number of para-hydroxylation sites is 1. The normalized spacial score (nSPS) is 10.7. The fraction of sp³-hybridized carbons (Fsp3) is 0.111. The molecule has 4 nitrogen and oxygen atoms in total. The molecule has 0 saturated carbocycles. The number of fused-ring (bicyclic) bond motifs is 1. The zero-order chi connectivity index (χ0) is 16.2. The maximum absolute atomic E-state index is 13.1. The van der Waals surface area contributed by atoms with E-state index < -0.39 is 5.97 Å². The minimum Gasteiger partial charge on any atom is -0.460 e. The van der Waals surface area contributed by atoms with Crippen LogP contribution < -0.4 is 0 Å². The number of aromatic nitrogens is 1. The smallest absolute Gasteiger partial charge is 0.338 e. The molecule has 1 heterocycles. The number of carbonyl (C=O) groups excluding carboxylic acids is 1. The molecule has 3 rings (SSSR count). The Labute approximate surface area is 132 Å². The molecule has 0 saturated heterocycles. The minimum atomic E-state index is -0.527. The highest BCUT2D eigenvalue weighted by atomic mass is 19.1. The summed E-state index contributed by atoms with van der Waals surface area (Å²) in [4.78, 5) is 16.8. The van der Waals surface area contributed by atoms with Gasteiger partial charge in [-0.2, -0.15) is 0 Å². The number of aliphatic hydroxyl groups is 1. The molecule has 0 unspecified atom stereocenters. The molecule has 2 aromatic carbocycles. The first-order valence-corrected chi connectivity index (χ1v) is 7.13. The van der Waals surface area contributed by atoms with E-state index in [2.05, 4.69) is 4.98 Å². The molecule has 3 aromatic rings. The van der Waals surface area contributed by atoms with Gasteiger partial charge in [0, 0.05) is 10.9 Å². The van der Waals surface area contributed by atoms with E-state index in [4.69, 9.17) is 9.84 Å². The van der Waals surface area contributed by atoms with Gasteiger partial charge in [0.05, 0.1) is 23.4 Å². The summed E-state index contributed by atoms with van der Waals surface area (Å²) in [5.41, 5.74) is 2.27. The molecule has 0 aliphatic rings. The van der Waals surface area contributed by atoms with Gasteiger partial charge in [-0.1, -0.05) is 18.2 Å². The second-order valence-corrected chi connectivity index (χ2v) is 4.94. The molecular formula is C18H14FNO3. The topological polar surface area (TPSA) is 59.4 Å². The summed E-state index contributed by atoms with van der Waals surface area (Å²) < 4.78 is 18.1. The van der Waals surface area contributed by atoms with Crippen molar-refractivity contribution in [2.24, 2.45) is 0 Å². The Hall–Kier alpha value is -2.79. The van der Waals surface area contributed by atoms with Crippen LogP contribution in [0.25, 0.3) is 22.2 Å². The van der Waals surface area contributed by atoms with Crippen molar-refractivity contribution in [3.63, 3.8) is 0 Å². The van der Waals surface area contributed by atoms with Gasteiger partial charge in [0.2, 0.25) is 0 Å². The summed E-state index contributed by atoms with van der Waals surface area (Å²) in [7, 11) is 0. The molecule has 0 spiro atoms. The first-order valence-electron chi connectivity index (χ1n) is 7.13. The van der Waals surface area contributed by atoms with E-state index in [9.17, 15) is 9.18 Å². The average molecular weight is 311 g/mol. The Morgan fingerprint density at radius 1 is 1.13 bits per heavy atom. The second-order valence-electron chi connectivity index (χ2n) is 4.94. The number of rotatable bonds is 4. The van der Waals surface area contributed by atoms with Crippen LogP contribution in [-0.2, 0) is 4.74 Å². The fourth-order valence-corrected chi connectivity index (χ4v) is 2.33. The van der Waals surface area contributed by atoms with Crippen molar-refractivity contribution in [2.45, 2.75) is 0 Å². The maximum Gasteiger partial charge on any atom is 0.338 e. The lowest BCUT2D eigenvalue weighted by Gasteiger charge is -2.09. The Morgan fingerprint density at radius 2 is 1.87 bits per heavy atom. The second kappa shape index (κ2) is 6.54. The first-order chi connectivity index (χ1) is 11.2. The summed E-state index contributed by atoms with van der Waals surface area (Å²) >= 11 is 0. The Bertz CT molecular complexity index is 847. The van der Waals surface area contributed by atoms with Gasteiger partial charge in [0.15, 0.2) is 0 Å². The van der Waals surface area contributed by atoms with Crippen LogP contribution in [0.2, 0.25) is 0 Å². The summed E-state index contributed by atoms with van der Waals surface area (Å²) in [5, 5.41) is 9.48. The van der Waals surface area contributed by atoms with Crippen LogP contribution in [-0.4, -0.2) is 29.3 Å². The van der Waals surface area contributed by atoms with Crippen molar-refractivity contribution in [2.75, 3.05) is 13.2 Å². The molecular weight excluding hydrogens is 297 g/mol. The number of hydrogen-bond acceptors (Lipinski definition) is 4. The van der Waals surface area contributed by atoms with E-state index >= 15 is 0 Å². The number of pyridine rings is 1. The number of aliphatic hydroxyl groups excluding tert-OH is 1. The van der Waals surface area contributed by atoms with Crippen LogP contribution in [0, 0.1) is 5.82 Å². The average Bonchev–Trinajstić information content (AvgIpc) is 2.59. The molecule has 1 N–H and O–H groups in total. The van der Waals surface area contributed by atoms with Crippen LogP contribution in [0.4, 0.5) is 4.39 Å². The van der Waals surface area contributed by atoms with Crippen LogP contribution >= 0.6 is 0 Å². The molecule has 0 fully saturated rings. The lowest BCUT2D eigenvalue weighted by atomic mass is 10.0. The van der Waals surface area contributed by atoms with Crippen molar-refractivity contribution in [3.05, 3.63) is 66.0 Å². The minimum absolute atomic E-state index is 0.0681.